The van der Waals surface area contributed by atoms with Crippen molar-refractivity contribution >= 4 is 5.65 Å². The summed E-state index contributed by atoms with van der Waals surface area (Å²) in [5.74, 6) is 0. The predicted octanol–water partition coefficient (Wildman–Crippen LogP) is 3.01. The van der Waals surface area contributed by atoms with Crippen molar-refractivity contribution in [2.45, 2.75) is 39.5 Å². The molecule has 0 spiro atoms. The highest BCUT2D eigenvalue weighted by Crippen LogP contribution is 2.27. The van der Waals surface area contributed by atoms with Gasteiger partial charge in [0, 0.05) is 11.3 Å². The first kappa shape index (κ1) is 11.7. The fraction of sp³-hybridized carbons (Fsp3) is 0.429. The lowest BCUT2D eigenvalue weighted by Crippen LogP contribution is -2.14. The Labute approximate surface area is 102 Å². The van der Waals surface area contributed by atoms with Gasteiger partial charge in [-0.15, -0.1) is 0 Å². The summed E-state index contributed by atoms with van der Waals surface area (Å²) < 4.78 is 2.09. The fourth-order valence-electron chi connectivity index (χ4n) is 2.11. The van der Waals surface area contributed by atoms with E-state index in [2.05, 4.69) is 48.4 Å². The number of fused-ring (bicyclic) bond motifs is 1. The van der Waals surface area contributed by atoms with Crippen LogP contribution < -0.4 is 0 Å². The Bertz CT molecular complexity index is 594. The van der Waals surface area contributed by atoms with E-state index in [4.69, 9.17) is 5.26 Å². The van der Waals surface area contributed by atoms with Crippen LogP contribution in [0.3, 0.4) is 0 Å². The van der Waals surface area contributed by atoms with Crippen LogP contribution in [0.1, 0.15) is 37.7 Å². The summed E-state index contributed by atoms with van der Waals surface area (Å²) in [6.07, 6.45) is 2.20. The molecular weight excluding hydrogens is 210 g/mol. The molecule has 2 heterocycles. The second-order valence-corrected chi connectivity index (χ2v) is 5.38. The molecule has 0 fully saturated rings. The van der Waals surface area contributed by atoms with E-state index < -0.39 is 0 Å². The second-order valence-electron chi connectivity index (χ2n) is 5.38. The molecule has 0 saturated heterocycles. The van der Waals surface area contributed by atoms with Crippen LogP contribution in [-0.2, 0) is 11.8 Å². The maximum Gasteiger partial charge on any atom is 0.140 e. The number of hydrogen-bond acceptors (Lipinski definition) is 2. The summed E-state index contributed by atoms with van der Waals surface area (Å²) >= 11 is 0. The summed E-state index contributed by atoms with van der Waals surface area (Å²) in [4.78, 5) is 4.48. The molecule has 0 bridgehead atoms. The molecule has 2 rings (SSSR count). The highest BCUT2D eigenvalue weighted by Gasteiger charge is 2.19. The van der Waals surface area contributed by atoms with Gasteiger partial charge in [-0.3, -0.25) is 0 Å². The second kappa shape index (κ2) is 3.89. The van der Waals surface area contributed by atoms with Crippen molar-refractivity contribution in [1.82, 2.24) is 9.38 Å². The molecule has 0 atom stereocenters. The topological polar surface area (TPSA) is 41.1 Å². The van der Waals surface area contributed by atoms with Gasteiger partial charge < -0.3 is 4.40 Å². The lowest BCUT2D eigenvalue weighted by atomic mass is 9.87. The van der Waals surface area contributed by atoms with E-state index in [0.717, 1.165) is 17.0 Å². The third-order valence-corrected chi connectivity index (χ3v) is 2.99. The smallest absolute Gasteiger partial charge is 0.140 e. The first-order chi connectivity index (χ1) is 7.95. The highest BCUT2D eigenvalue weighted by atomic mass is 15.0. The average molecular weight is 227 g/mol. The van der Waals surface area contributed by atoms with Crippen LogP contribution in [0.2, 0.25) is 0 Å². The normalized spacial score (nSPS) is 11.7. The third kappa shape index (κ3) is 1.91. The van der Waals surface area contributed by atoms with Gasteiger partial charge in [0.15, 0.2) is 0 Å². The van der Waals surface area contributed by atoms with Gasteiger partial charge in [-0.05, 0) is 18.4 Å². The maximum absolute atomic E-state index is 8.83. The number of rotatable bonds is 1. The van der Waals surface area contributed by atoms with Crippen molar-refractivity contribution in [3.63, 3.8) is 0 Å². The van der Waals surface area contributed by atoms with Crippen molar-refractivity contribution in [2.75, 3.05) is 0 Å². The van der Waals surface area contributed by atoms with Gasteiger partial charge in [-0.25, -0.2) is 4.98 Å². The zero-order valence-electron chi connectivity index (χ0n) is 10.8. The SMILES string of the molecule is Cc1ccc(C(C)(C)C)c2ncc(CC#N)n12. The quantitative estimate of drug-likeness (QED) is 0.751. The van der Waals surface area contributed by atoms with Gasteiger partial charge in [0.1, 0.15) is 5.65 Å². The Balaban J connectivity index is 2.77. The summed E-state index contributed by atoms with van der Waals surface area (Å²) in [7, 11) is 0. The molecule has 0 saturated carbocycles. The van der Waals surface area contributed by atoms with Gasteiger partial charge >= 0.3 is 0 Å². The standard InChI is InChI=1S/C14H17N3/c1-10-5-6-12(14(2,3)4)13-16-9-11(7-8-15)17(10)13/h5-6,9H,7H2,1-4H3. The van der Waals surface area contributed by atoms with Crippen LogP contribution in [0.15, 0.2) is 18.3 Å². The number of hydrogen-bond donors (Lipinski definition) is 0. The lowest BCUT2D eigenvalue weighted by molar-refractivity contribution is 0.591. The van der Waals surface area contributed by atoms with E-state index in [0.29, 0.717) is 6.42 Å². The monoisotopic (exact) mass is 227 g/mol. The molecule has 0 radical (unpaired) electrons. The van der Waals surface area contributed by atoms with Crippen molar-refractivity contribution in [3.8, 4) is 6.07 Å². The molecule has 2 aromatic rings. The summed E-state index contributed by atoms with van der Waals surface area (Å²) in [5.41, 5.74) is 4.33. The van der Waals surface area contributed by atoms with Crippen LogP contribution >= 0.6 is 0 Å². The van der Waals surface area contributed by atoms with Gasteiger partial charge in [-0.2, -0.15) is 5.26 Å². The molecule has 0 aliphatic rings. The fourth-order valence-corrected chi connectivity index (χ4v) is 2.11. The molecule has 0 aliphatic heterocycles. The van der Waals surface area contributed by atoms with Crippen LogP contribution in [0.5, 0.6) is 0 Å². The first-order valence-electron chi connectivity index (χ1n) is 5.78. The summed E-state index contributed by atoms with van der Waals surface area (Å²) in [5, 5.41) is 8.83. The van der Waals surface area contributed by atoms with E-state index in [1.807, 2.05) is 6.92 Å². The molecule has 88 valence electrons. The molecule has 3 heteroatoms. The van der Waals surface area contributed by atoms with Crippen LogP contribution in [0, 0.1) is 18.3 Å². The van der Waals surface area contributed by atoms with Crippen LogP contribution in [-0.4, -0.2) is 9.38 Å². The van der Waals surface area contributed by atoms with Gasteiger partial charge in [-0.1, -0.05) is 26.8 Å². The Morgan fingerprint density at radius 2 is 2.06 bits per heavy atom. The van der Waals surface area contributed by atoms with Crippen molar-refractivity contribution in [1.29, 1.82) is 5.26 Å². The Kier molecular flexibility index (Phi) is 2.66. The third-order valence-electron chi connectivity index (χ3n) is 2.99. The van der Waals surface area contributed by atoms with Gasteiger partial charge in [0.05, 0.1) is 24.4 Å². The molecule has 0 aromatic carbocycles. The molecular formula is C14H17N3. The van der Waals surface area contributed by atoms with E-state index in [-0.39, 0.29) is 5.41 Å². The molecule has 3 nitrogen and oxygen atoms in total. The first-order valence-corrected chi connectivity index (χ1v) is 5.78. The zero-order chi connectivity index (χ0) is 12.6. The largest absolute Gasteiger partial charge is 0.300 e. The Morgan fingerprint density at radius 3 is 2.65 bits per heavy atom. The number of imidazole rings is 1. The minimum Gasteiger partial charge on any atom is -0.300 e. The number of nitriles is 1. The van der Waals surface area contributed by atoms with Crippen molar-refractivity contribution in [3.05, 3.63) is 35.3 Å². The molecule has 0 amide bonds. The van der Waals surface area contributed by atoms with Crippen LogP contribution in [0.25, 0.3) is 5.65 Å². The highest BCUT2D eigenvalue weighted by molar-refractivity contribution is 5.54. The zero-order valence-corrected chi connectivity index (χ0v) is 10.8. The van der Waals surface area contributed by atoms with Crippen molar-refractivity contribution in [2.24, 2.45) is 0 Å². The van der Waals surface area contributed by atoms with Gasteiger partial charge in [0.2, 0.25) is 0 Å². The van der Waals surface area contributed by atoms with Crippen LogP contribution in [0.4, 0.5) is 0 Å². The van der Waals surface area contributed by atoms with Gasteiger partial charge in [0.25, 0.3) is 0 Å². The Hall–Kier alpha value is -1.82. The molecule has 0 N–H and O–H groups in total. The molecule has 0 aliphatic carbocycles. The number of pyridine rings is 1. The number of aromatic nitrogens is 2. The van der Waals surface area contributed by atoms with E-state index in [1.165, 1.54) is 5.56 Å². The maximum atomic E-state index is 8.83. The minimum atomic E-state index is 0.0597. The summed E-state index contributed by atoms with van der Waals surface area (Å²) in [6.45, 7) is 8.57. The number of nitrogens with zero attached hydrogens (tertiary/aromatic N) is 3. The van der Waals surface area contributed by atoms with E-state index in [1.54, 1.807) is 6.20 Å². The average Bonchev–Trinajstić information content (AvgIpc) is 2.62. The van der Waals surface area contributed by atoms with E-state index >= 15 is 0 Å². The molecule has 17 heavy (non-hydrogen) atoms. The number of aryl methyl sites for hydroxylation is 1. The Morgan fingerprint density at radius 1 is 1.35 bits per heavy atom. The summed E-state index contributed by atoms with van der Waals surface area (Å²) in [6, 6.07) is 6.41. The van der Waals surface area contributed by atoms with E-state index in [9.17, 15) is 0 Å². The lowest BCUT2D eigenvalue weighted by Gasteiger charge is -2.20. The predicted molar refractivity (Wildman–Crippen MR) is 67.9 cm³/mol. The van der Waals surface area contributed by atoms with Crippen molar-refractivity contribution < 1.29 is 0 Å². The minimum absolute atomic E-state index is 0.0597. The molecule has 0 unspecified atom stereocenters. The molecule has 2 aromatic heterocycles.